The van der Waals surface area contributed by atoms with Crippen molar-refractivity contribution >= 4 is 57.8 Å². The second kappa shape index (κ2) is 11.4. The SMILES string of the molecule is O=C(Cc1ccccc1Nc1c(Cl)cccc1Cl)Nc1cccc(NC(=O)C2CCCCC2)c1. The van der Waals surface area contributed by atoms with Gasteiger partial charge in [-0.05, 0) is 54.8 Å². The fraction of sp³-hybridized carbons (Fsp3) is 0.259. The number of hydrogen-bond acceptors (Lipinski definition) is 3. The molecule has 0 unspecified atom stereocenters. The minimum absolute atomic E-state index is 0.0569. The predicted molar refractivity (Wildman–Crippen MR) is 140 cm³/mol. The lowest BCUT2D eigenvalue weighted by Gasteiger charge is -2.21. The van der Waals surface area contributed by atoms with E-state index in [1.165, 1.54) is 6.42 Å². The smallest absolute Gasteiger partial charge is 0.228 e. The van der Waals surface area contributed by atoms with Crippen molar-refractivity contribution < 1.29 is 9.59 Å². The third kappa shape index (κ3) is 6.31. The number of hydrogen-bond donors (Lipinski definition) is 3. The second-order valence-electron chi connectivity index (χ2n) is 8.51. The highest BCUT2D eigenvalue weighted by atomic mass is 35.5. The van der Waals surface area contributed by atoms with Crippen molar-refractivity contribution in [3.8, 4) is 0 Å². The Morgan fingerprint density at radius 3 is 2.18 bits per heavy atom. The number of halogens is 2. The first-order valence-corrected chi connectivity index (χ1v) is 12.2. The van der Waals surface area contributed by atoms with Gasteiger partial charge in [0.2, 0.25) is 11.8 Å². The van der Waals surface area contributed by atoms with Crippen molar-refractivity contribution in [2.75, 3.05) is 16.0 Å². The molecule has 1 saturated carbocycles. The lowest BCUT2D eigenvalue weighted by Crippen LogP contribution is -2.24. The highest BCUT2D eigenvalue weighted by molar-refractivity contribution is 6.39. The molecule has 0 aromatic heterocycles. The van der Waals surface area contributed by atoms with Gasteiger partial charge in [-0.2, -0.15) is 0 Å². The topological polar surface area (TPSA) is 70.2 Å². The summed E-state index contributed by atoms with van der Waals surface area (Å²) in [6.07, 6.45) is 5.45. The van der Waals surface area contributed by atoms with E-state index in [0.717, 1.165) is 36.9 Å². The molecule has 3 aromatic carbocycles. The Morgan fingerprint density at radius 1 is 0.794 bits per heavy atom. The standard InChI is InChI=1S/C27H27Cl2N3O2/c28-22-13-7-14-23(29)26(22)32-24-15-5-4-10-19(24)16-25(33)30-20-11-6-12-21(17-20)31-27(34)18-8-2-1-3-9-18/h4-7,10-15,17-18,32H,1-3,8-9,16H2,(H,30,33)(H,31,34). The molecule has 0 radical (unpaired) electrons. The Hall–Kier alpha value is -3.02. The van der Waals surface area contributed by atoms with Crippen molar-refractivity contribution in [2.24, 2.45) is 5.92 Å². The largest absolute Gasteiger partial charge is 0.353 e. The van der Waals surface area contributed by atoms with Crippen LogP contribution >= 0.6 is 23.2 Å². The molecule has 3 N–H and O–H groups in total. The molecule has 176 valence electrons. The Kier molecular flexibility index (Phi) is 8.09. The number of benzene rings is 3. The van der Waals surface area contributed by atoms with Crippen LogP contribution in [0.5, 0.6) is 0 Å². The van der Waals surface area contributed by atoms with Gasteiger partial charge in [0.25, 0.3) is 0 Å². The van der Waals surface area contributed by atoms with Gasteiger partial charge >= 0.3 is 0 Å². The van der Waals surface area contributed by atoms with Crippen molar-refractivity contribution in [1.82, 2.24) is 0 Å². The number of para-hydroxylation sites is 2. The fourth-order valence-corrected chi connectivity index (χ4v) is 4.70. The van der Waals surface area contributed by atoms with Crippen LogP contribution in [0.1, 0.15) is 37.7 Å². The Labute approximate surface area is 209 Å². The summed E-state index contributed by atoms with van der Waals surface area (Å²) in [4.78, 5) is 25.4. The molecule has 0 atom stereocenters. The van der Waals surface area contributed by atoms with E-state index in [4.69, 9.17) is 23.2 Å². The van der Waals surface area contributed by atoms with Crippen molar-refractivity contribution in [3.05, 3.63) is 82.3 Å². The molecular weight excluding hydrogens is 469 g/mol. The number of anilines is 4. The van der Waals surface area contributed by atoms with Crippen LogP contribution in [0.4, 0.5) is 22.7 Å². The van der Waals surface area contributed by atoms with Crippen molar-refractivity contribution in [1.29, 1.82) is 0 Å². The molecule has 0 aliphatic heterocycles. The van der Waals surface area contributed by atoms with Crippen LogP contribution in [0.2, 0.25) is 10.0 Å². The van der Waals surface area contributed by atoms with E-state index < -0.39 is 0 Å². The lowest BCUT2D eigenvalue weighted by atomic mass is 9.88. The zero-order valence-electron chi connectivity index (χ0n) is 18.7. The van der Waals surface area contributed by atoms with E-state index >= 15 is 0 Å². The second-order valence-corrected chi connectivity index (χ2v) is 9.32. The van der Waals surface area contributed by atoms with Gasteiger partial charge in [-0.3, -0.25) is 9.59 Å². The van der Waals surface area contributed by atoms with Gasteiger partial charge in [0.05, 0.1) is 22.2 Å². The Bertz CT molecular complexity index is 1160. The minimum atomic E-state index is -0.171. The summed E-state index contributed by atoms with van der Waals surface area (Å²) in [6.45, 7) is 0. The van der Waals surface area contributed by atoms with Gasteiger partial charge in [-0.1, -0.05) is 72.8 Å². The van der Waals surface area contributed by atoms with Gasteiger partial charge in [0.1, 0.15) is 0 Å². The van der Waals surface area contributed by atoms with Crippen molar-refractivity contribution in [3.63, 3.8) is 0 Å². The molecule has 4 rings (SSSR count). The van der Waals surface area contributed by atoms with E-state index in [1.54, 1.807) is 24.3 Å². The third-order valence-corrected chi connectivity index (χ3v) is 6.61. The number of rotatable bonds is 7. The van der Waals surface area contributed by atoms with Crippen LogP contribution in [0.25, 0.3) is 0 Å². The first-order chi connectivity index (χ1) is 16.5. The maximum Gasteiger partial charge on any atom is 0.228 e. The van der Waals surface area contributed by atoms with Gasteiger partial charge in [0.15, 0.2) is 0 Å². The molecular formula is C27H27Cl2N3O2. The molecule has 0 spiro atoms. The summed E-state index contributed by atoms with van der Waals surface area (Å²) in [5.74, 6) is -0.0423. The van der Waals surface area contributed by atoms with Gasteiger partial charge in [-0.25, -0.2) is 0 Å². The quantitative estimate of drug-likeness (QED) is 0.318. The Morgan fingerprint density at radius 2 is 1.44 bits per heavy atom. The monoisotopic (exact) mass is 495 g/mol. The first kappa shape index (κ1) is 24.1. The van der Waals surface area contributed by atoms with E-state index in [9.17, 15) is 9.59 Å². The fourth-order valence-electron chi connectivity index (χ4n) is 4.21. The molecule has 1 aliphatic carbocycles. The predicted octanol–water partition coefficient (Wildman–Crippen LogP) is 7.44. The number of carbonyl (C=O) groups is 2. The molecule has 0 saturated heterocycles. The summed E-state index contributed by atoms with van der Waals surface area (Å²) in [6, 6.07) is 20.1. The summed E-state index contributed by atoms with van der Waals surface area (Å²) in [5.41, 5.74) is 3.47. The van der Waals surface area contributed by atoms with Crippen LogP contribution in [-0.2, 0) is 16.0 Å². The minimum Gasteiger partial charge on any atom is -0.353 e. The van der Waals surface area contributed by atoms with Crippen LogP contribution in [0.15, 0.2) is 66.7 Å². The molecule has 3 aromatic rings. The molecule has 7 heteroatoms. The van der Waals surface area contributed by atoms with Gasteiger partial charge < -0.3 is 16.0 Å². The maximum absolute atomic E-state index is 12.8. The normalized spacial score (nSPS) is 13.8. The molecule has 1 fully saturated rings. The van der Waals surface area contributed by atoms with Crippen molar-refractivity contribution in [2.45, 2.75) is 38.5 Å². The third-order valence-electron chi connectivity index (χ3n) is 5.98. The maximum atomic E-state index is 12.8. The molecule has 2 amide bonds. The first-order valence-electron chi connectivity index (χ1n) is 11.5. The van der Waals surface area contributed by atoms with Crippen LogP contribution in [0.3, 0.4) is 0 Å². The molecule has 34 heavy (non-hydrogen) atoms. The van der Waals surface area contributed by atoms with Gasteiger partial charge in [0, 0.05) is 23.0 Å². The van der Waals surface area contributed by atoms with E-state index in [0.29, 0.717) is 27.1 Å². The molecule has 0 heterocycles. The van der Waals surface area contributed by atoms with Crippen LogP contribution < -0.4 is 16.0 Å². The summed E-state index contributed by atoms with van der Waals surface area (Å²) in [7, 11) is 0. The summed E-state index contributed by atoms with van der Waals surface area (Å²) in [5, 5.41) is 10.2. The van der Waals surface area contributed by atoms with Gasteiger partial charge in [-0.15, -0.1) is 0 Å². The average molecular weight is 496 g/mol. The molecule has 1 aliphatic rings. The number of amides is 2. The molecule has 0 bridgehead atoms. The lowest BCUT2D eigenvalue weighted by molar-refractivity contribution is -0.120. The number of nitrogens with one attached hydrogen (secondary N) is 3. The van der Waals surface area contributed by atoms with E-state index in [1.807, 2.05) is 42.5 Å². The average Bonchev–Trinajstić information content (AvgIpc) is 2.83. The Balaban J connectivity index is 1.41. The summed E-state index contributed by atoms with van der Waals surface area (Å²) >= 11 is 12.6. The zero-order valence-corrected chi connectivity index (χ0v) is 20.3. The van der Waals surface area contributed by atoms with Crippen LogP contribution in [0, 0.1) is 5.92 Å². The summed E-state index contributed by atoms with van der Waals surface area (Å²) < 4.78 is 0. The highest BCUT2D eigenvalue weighted by Crippen LogP contribution is 2.33. The van der Waals surface area contributed by atoms with E-state index in [2.05, 4.69) is 16.0 Å². The molecule has 5 nitrogen and oxygen atoms in total. The zero-order chi connectivity index (χ0) is 23.9. The van der Waals surface area contributed by atoms with E-state index in [-0.39, 0.29) is 24.2 Å². The number of carbonyl (C=O) groups excluding carboxylic acids is 2. The van der Waals surface area contributed by atoms with Crippen LogP contribution in [-0.4, -0.2) is 11.8 Å². The highest BCUT2D eigenvalue weighted by Gasteiger charge is 2.21.